The number of nitrogens with two attached hydrogens (primary N) is 1. The Labute approximate surface area is 183 Å². The quantitative estimate of drug-likeness (QED) is 0.357. The average Bonchev–Trinajstić information content (AvgIpc) is 3.11. The molecule has 0 aromatic heterocycles. The number of benzene rings is 2. The summed E-state index contributed by atoms with van der Waals surface area (Å²) in [6.45, 7) is 0.104. The number of nitrogens with zero attached hydrogens (tertiary/aromatic N) is 2. The summed E-state index contributed by atoms with van der Waals surface area (Å²) in [5.41, 5.74) is 0.562. The van der Waals surface area contributed by atoms with Crippen LogP contribution in [-0.2, 0) is 21.4 Å². The summed E-state index contributed by atoms with van der Waals surface area (Å²) in [5, 5.41) is 25.8. The molecule has 3 rings (SSSR count). The zero-order valence-corrected chi connectivity index (χ0v) is 17.9. The van der Waals surface area contributed by atoms with Crippen LogP contribution in [0.4, 0.5) is 10.5 Å². The van der Waals surface area contributed by atoms with Crippen LogP contribution >= 0.6 is 11.8 Å². The molecule has 1 saturated heterocycles. The molecule has 0 radical (unpaired) electrons. The number of carbonyl (C=O) groups excluding carboxylic acids is 1. The molecule has 12 heteroatoms. The van der Waals surface area contributed by atoms with E-state index in [2.05, 4.69) is 0 Å². The van der Waals surface area contributed by atoms with Crippen LogP contribution < -0.4 is 5.14 Å². The van der Waals surface area contributed by atoms with Gasteiger partial charge in [0.1, 0.15) is 6.61 Å². The van der Waals surface area contributed by atoms with Crippen molar-refractivity contribution in [3.8, 4) is 0 Å². The lowest BCUT2D eigenvalue weighted by atomic mass is 10.2. The maximum absolute atomic E-state index is 12.5. The number of rotatable bonds is 7. The first-order valence-corrected chi connectivity index (χ1v) is 11.8. The Bertz CT molecular complexity index is 1040. The predicted octanol–water partition coefficient (Wildman–Crippen LogP) is 2.11. The lowest BCUT2D eigenvalue weighted by molar-refractivity contribution is -0.384. The van der Waals surface area contributed by atoms with Gasteiger partial charge in [0, 0.05) is 28.8 Å². The van der Waals surface area contributed by atoms with Gasteiger partial charge in [-0.3, -0.25) is 10.1 Å². The maximum Gasteiger partial charge on any atom is 0.410 e. The standard InChI is InChI=1S/C19H21N3O7S2/c20-31(27,28)18-7-5-17(6-8-18)30-12-15-9-16(23)10-21(15)19(24)29-11-13-1-3-14(4-2-13)22(25)26/h1-8,15-16,23H,9-12H2,(H2,20,27,28)/t15-,16+/m0/s1. The smallest absolute Gasteiger partial charge is 0.410 e. The number of hydrogen-bond acceptors (Lipinski definition) is 8. The number of likely N-dealkylation sites (tertiary alicyclic amines) is 1. The molecule has 1 amide bonds. The van der Waals surface area contributed by atoms with Gasteiger partial charge >= 0.3 is 6.09 Å². The van der Waals surface area contributed by atoms with Gasteiger partial charge in [0.15, 0.2) is 0 Å². The van der Waals surface area contributed by atoms with Gasteiger partial charge in [-0.05, 0) is 48.4 Å². The highest BCUT2D eigenvalue weighted by Crippen LogP contribution is 2.27. The largest absolute Gasteiger partial charge is 0.445 e. The Morgan fingerprint density at radius 3 is 2.45 bits per heavy atom. The number of primary sulfonamides is 1. The van der Waals surface area contributed by atoms with E-state index in [9.17, 15) is 28.4 Å². The van der Waals surface area contributed by atoms with Gasteiger partial charge < -0.3 is 14.7 Å². The van der Waals surface area contributed by atoms with Crippen molar-refractivity contribution in [1.82, 2.24) is 4.90 Å². The maximum atomic E-state index is 12.5. The Morgan fingerprint density at radius 2 is 1.87 bits per heavy atom. The highest BCUT2D eigenvalue weighted by atomic mass is 32.2. The number of nitro groups is 1. The molecule has 1 heterocycles. The first kappa shape index (κ1) is 23.0. The van der Waals surface area contributed by atoms with Crippen molar-refractivity contribution < 1.29 is 28.0 Å². The third kappa shape index (κ3) is 6.17. The van der Waals surface area contributed by atoms with Crippen LogP contribution in [0.5, 0.6) is 0 Å². The first-order chi connectivity index (χ1) is 14.6. The molecule has 0 unspecified atom stereocenters. The summed E-state index contributed by atoms with van der Waals surface area (Å²) < 4.78 is 28.0. The SMILES string of the molecule is NS(=O)(=O)c1ccc(SC[C@@H]2C[C@@H](O)CN2C(=O)OCc2ccc([N+](=O)[O-])cc2)cc1. The second-order valence-electron chi connectivity index (χ2n) is 7.00. The van der Waals surface area contributed by atoms with Crippen molar-refractivity contribution in [2.24, 2.45) is 5.14 Å². The third-order valence-corrected chi connectivity index (χ3v) is 6.82. The average molecular weight is 468 g/mol. The van der Waals surface area contributed by atoms with Crippen molar-refractivity contribution in [3.63, 3.8) is 0 Å². The minimum atomic E-state index is -3.76. The van der Waals surface area contributed by atoms with E-state index in [0.717, 1.165) is 4.90 Å². The van der Waals surface area contributed by atoms with Crippen LogP contribution in [0.1, 0.15) is 12.0 Å². The fourth-order valence-corrected chi connectivity index (χ4v) is 4.68. The van der Waals surface area contributed by atoms with Gasteiger partial charge in [0.25, 0.3) is 5.69 Å². The summed E-state index contributed by atoms with van der Waals surface area (Å²) in [7, 11) is -3.76. The molecule has 2 aromatic carbocycles. The van der Waals surface area contributed by atoms with Gasteiger partial charge in [0.2, 0.25) is 10.0 Å². The normalized spacial score (nSPS) is 18.7. The number of aliphatic hydroxyl groups excluding tert-OH is 1. The molecule has 2 atom stereocenters. The van der Waals surface area contributed by atoms with Crippen molar-refractivity contribution in [3.05, 3.63) is 64.2 Å². The van der Waals surface area contributed by atoms with Crippen LogP contribution in [0.2, 0.25) is 0 Å². The number of amides is 1. The summed E-state index contributed by atoms with van der Waals surface area (Å²) in [6.07, 6.45) is -0.845. The number of carbonyl (C=O) groups is 1. The second kappa shape index (κ2) is 9.64. The number of β-amino-alcohol motifs (C(OH)–C–C–N with tert-alkyl or cyclic N) is 1. The first-order valence-electron chi connectivity index (χ1n) is 9.24. The molecular weight excluding hydrogens is 446 g/mol. The summed E-state index contributed by atoms with van der Waals surface area (Å²) in [4.78, 5) is 25.0. The van der Waals surface area contributed by atoms with E-state index in [0.29, 0.717) is 17.7 Å². The van der Waals surface area contributed by atoms with Crippen LogP contribution in [0.25, 0.3) is 0 Å². The predicted molar refractivity (Wildman–Crippen MR) is 113 cm³/mol. The van der Waals surface area contributed by atoms with Crippen molar-refractivity contribution >= 4 is 33.6 Å². The molecule has 0 spiro atoms. The van der Waals surface area contributed by atoms with Gasteiger partial charge in [0.05, 0.1) is 22.5 Å². The van der Waals surface area contributed by atoms with E-state index >= 15 is 0 Å². The van der Waals surface area contributed by atoms with Crippen LogP contribution in [0.15, 0.2) is 58.3 Å². The highest BCUT2D eigenvalue weighted by Gasteiger charge is 2.35. The van der Waals surface area contributed by atoms with E-state index in [1.807, 2.05) is 0 Å². The molecule has 0 saturated carbocycles. The van der Waals surface area contributed by atoms with Crippen molar-refractivity contribution in [2.45, 2.75) is 35.0 Å². The Morgan fingerprint density at radius 1 is 1.23 bits per heavy atom. The molecule has 10 nitrogen and oxygen atoms in total. The third-order valence-electron chi connectivity index (χ3n) is 4.73. The molecule has 1 aliphatic rings. The molecule has 31 heavy (non-hydrogen) atoms. The van der Waals surface area contributed by atoms with E-state index in [1.165, 1.54) is 53.1 Å². The van der Waals surface area contributed by atoms with E-state index in [-0.39, 0.29) is 29.8 Å². The van der Waals surface area contributed by atoms with Gasteiger partial charge in [-0.2, -0.15) is 0 Å². The summed E-state index contributed by atoms with van der Waals surface area (Å²) >= 11 is 1.42. The fraction of sp³-hybridized carbons (Fsp3) is 0.316. The number of nitro benzene ring substituents is 1. The Balaban J connectivity index is 1.56. The number of aliphatic hydroxyl groups is 1. The summed E-state index contributed by atoms with van der Waals surface area (Å²) in [6, 6.07) is 11.5. The number of ether oxygens (including phenoxy) is 1. The molecule has 0 bridgehead atoms. The zero-order chi connectivity index (χ0) is 22.6. The zero-order valence-electron chi connectivity index (χ0n) is 16.3. The molecule has 3 N–H and O–H groups in total. The summed E-state index contributed by atoms with van der Waals surface area (Å²) in [5.74, 6) is 0.485. The van der Waals surface area contributed by atoms with Gasteiger partial charge in [-0.15, -0.1) is 11.8 Å². The number of hydrogen-bond donors (Lipinski definition) is 2. The van der Waals surface area contributed by atoms with Gasteiger partial charge in [-0.1, -0.05) is 0 Å². The fourth-order valence-electron chi connectivity index (χ4n) is 3.13. The van der Waals surface area contributed by atoms with Crippen molar-refractivity contribution in [2.75, 3.05) is 12.3 Å². The lowest BCUT2D eigenvalue weighted by Crippen LogP contribution is -2.37. The van der Waals surface area contributed by atoms with Crippen LogP contribution in [-0.4, -0.2) is 53.9 Å². The molecule has 0 aliphatic carbocycles. The second-order valence-corrected chi connectivity index (χ2v) is 9.66. The molecule has 1 aliphatic heterocycles. The molecule has 1 fully saturated rings. The monoisotopic (exact) mass is 467 g/mol. The number of non-ortho nitro benzene ring substituents is 1. The van der Waals surface area contributed by atoms with E-state index in [1.54, 1.807) is 12.1 Å². The Hall–Kier alpha value is -2.67. The number of sulfonamides is 1. The Kier molecular flexibility index (Phi) is 7.15. The minimum Gasteiger partial charge on any atom is -0.445 e. The van der Waals surface area contributed by atoms with E-state index < -0.39 is 27.1 Å². The van der Waals surface area contributed by atoms with E-state index in [4.69, 9.17) is 9.88 Å². The van der Waals surface area contributed by atoms with Crippen molar-refractivity contribution in [1.29, 1.82) is 0 Å². The molecule has 2 aromatic rings. The van der Waals surface area contributed by atoms with Crippen LogP contribution in [0, 0.1) is 10.1 Å². The topological polar surface area (TPSA) is 153 Å². The van der Waals surface area contributed by atoms with Crippen LogP contribution in [0.3, 0.4) is 0 Å². The number of thioether (sulfide) groups is 1. The highest BCUT2D eigenvalue weighted by molar-refractivity contribution is 7.99. The molecule has 166 valence electrons. The van der Waals surface area contributed by atoms with Gasteiger partial charge in [-0.25, -0.2) is 18.4 Å². The lowest BCUT2D eigenvalue weighted by Gasteiger charge is -2.23. The minimum absolute atomic E-state index is 0.0181. The molecular formula is C19H21N3O7S2.